The number of benzene rings is 5. The summed E-state index contributed by atoms with van der Waals surface area (Å²) in [6.45, 7) is 0. The van der Waals surface area contributed by atoms with Crippen molar-refractivity contribution in [1.82, 2.24) is 9.97 Å². The van der Waals surface area contributed by atoms with Gasteiger partial charge in [0.25, 0.3) is 0 Å². The molecule has 1 aliphatic carbocycles. The van der Waals surface area contributed by atoms with Crippen LogP contribution in [-0.2, 0) is 0 Å². The summed E-state index contributed by atoms with van der Waals surface area (Å²) in [5.41, 5.74) is 5.98. The smallest absolute Gasteiger partial charge is 0.176 e. The van der Waals surface area contributed by atoms with Gasteiger partial charge in [0.05, 0.1) is 17.1 Å². The number of rotatable bonds is 4. The van der Waals surface area contributed by atoms with Gasteiger partial charge in [-0.25, -0.2) is 9.97 Å². The Labute approximate surface area is 238 Å². The van der Waals surface area contributed by atoms with Crippen molar-refractivity contribution in [3.05, 3.63) is 133 Å². The molecular weight excluding hydrogens is 502 g/mol. The first kappa shape index (κ1) is 23.6. The zero-order chi connectivity index (χ0) is 27.2. The second-order valence-electron chi connectivity index (χ2n) is 10.6. The maximum atomic E-state index is 6.59. The van der Waals surface area contributed by atoms with Gasteiger partial charge in [0.2, 0.25) is 0 Å². The molecule has 2 atom stereocenters. The summed E-state index contributed by atoms with van der Waals surface area (Å²) < 4.78 is 6.59. The van der Waals surface area contributed by atoms with Gasteiger partial charge >= 0.3 is 0 Å². The molecule has 0 radical (unpaired) electrons. The molecule has 0 amide bonds. The van der Waals surface area contributed by atoms with Crippen LogP contribution in [0.5, 0.6) is 5.75 Å². The average molecular weight is 530 g/mol. The van der Waals surface area contributed by atoms with Crippen molar-refractivity contribution in [3.63, 3.8) is 0 Å². The van der Waals surface area contributed by atoms with Crippen molar-refractivity contribution in [2.24, 2.45) is 5.92 Å². The number of hydrogen-bond acceptors (Lipinski definition) is 4. The maximum Gasteiger partial charge on any atom is 0.176 e. The van der Waals surface area contributed by atoms with Crippen LogP contribution in [0.4, 0.5) is 5.69 Å². The standard InChI is InChI=1S/C37H27N3O/c1-4-10-24(11-5-1)32-23-33(25-12-6-2-7-13-25)39-36(38-32)29-18-20-30-28(22-29)17-16-26-19-21-31-35(34(26)30)41-37(40-31)27-14-8-3-9-15-27/h1-14,16-23,27,37,40H,15H2. The Balaban J connectivity index is 1.24. The van der Waals surface area contributed by atoms with Gasteiger partial charge in [-0.3, -0.25) is 0 Å². The van der Waals surface area contributed by atoms with Crippen LogP contribution in [0.1, 0.15) is 6.42 Å². The fourth-order valence-electron chi connectivity index (χ4n) is 5.92. The molecule has 2 unspecified atom stereocenters. The van der Waals surface area contributed by atoms with Crippen molar-refractivity contribution >= 4 is 27.2 Å². The molecule has 0 saturated carbocycles. The second kappa shape index (κ2) is 9.76. The lowest BCUT2D eigenvalue weighted by Crippen LogP contribution is -2.29. The second-order valence-corrected chi connectivity index (χ2v) is 10.6. The summed E-state index contributed by atoms with van der Waals surface area (Å²) in [5, 5.41) is 8.21. The number of ether oxygens (including phenoxy) is 1. The lowest BCUT2D eigenvalue weighted by Gasteiger charge is -2.20. The summed E-state index contributed by atoms with van der Waals surface area (Å²) in [5.74, 6) is 1.94. The molecule has 0 bridgehead atoms. The Bertz CT molecular complexity index is 1920. The van der Waals surface area contributed by atoms with Gasteiger partial charge in [-0.2, -0.15) is 0 Å². The van der Waals surface area contributed by atoms with E-state index in [4.69, 9.17) is 14.7 Å². The van der Waals surface area contributed by atoms with E-state index in [2.05, 4.69) is 102 Å². The van der Waals surface area contributed by atoms with Crippen molar-refractivity contribution in [2.45, 2.75) is 12.6 Å². The van der Waals surface area contributed by atoms with Gasteiger partial charge in [0.15, 0.2) is 17.8 Å². The predicted molar refractivity (Wildman–Crippen MR) is 168 cm³/mol. The van der Waals surface area contributed by atoms with Crippen LogP contribution in [-0.4, -0.2) is 16.2 Å². The molecule has 8 rings (SSSR count). The van der Waals surface area contributed by atoms with Gasteiger partial charge < -0.3 is 10.1 Å². The highest BCUT2D eigenvalue weighted by Gasteiger charge is 2.30. The molecule has 196 valence electrons. The van der Waals surface area contributed by atoms with Crippen molar-refractivity contribution in [2.75, 3.05) is 5.32 Å². The zero-order valence-corrected chi connectivity index (χ0v) is 22.4. The molecule has 4 heteroatoms. The third-order valence-corrected chi connectivity index (χ3v) is 8.02. The zero-order valence-electron chi connectivity index (χ0n) is 22.4. The van der Waals surface area contributed by atoms with E-state index in [0.717, 1.165) is 62.1 Å². The predicted octanol–water partition coefficient (Wildman–Crippen LogP) is 9.05. The topological polar surface area (TPSA) is 47.0 Å². The highest BCUT2D eigenvalue weighted by Crippen LogP contribution is 2.44. The molecule has 0 spiro atoms. The highest BCUT2D eigenvalue weighted by molar-refractivity contribution is 6.13. The first-order valence-corrected chi connectivity index (χ1v) is 14.1. The third kappa shape index (κ3) is 4.25. The summed E-state index contributed by atoms with van der Waals surface area (Å²) in [7, 11) is 0. The lowest BCUT2D eigenvalue weighted by atomic mass is 9.98. The van der Waals surface area contributed by atoms with E-state index in [0.29, 0.717) is 11.7 Å². The molecule has 2 heterocycles. The minimum Gasteiger partial charge on any atom is -0.467 e. The molecule has 2 aliphatic rings. The van der Waals surface area contributed by atoms with Crippen LogP contribution in [0.25, 0.3) is 55.4 Å². The fourth-order valence-corrected chi connectivity index (χ4v) is 5.92. The quantitative estimate of drug-likeness (QED) is 0.231. The first-order chi connectivity index (χ1) is 20.3. The van der Waals surface area contributed by atoms with Crippen molar-refractivity contribution < 1.29 is 4.74 Å². The normalized spacial score (nSPS) is 17.4. The molecule has 4 nitrogen and oxygen atoms in total. The van der Waals surface area contributed by atoms with Crippen LogP contribution >= 0.6 is 0 Å². The number of fused-ring (bicyclic) bond motifs is 5. The Morgan fingerprint density at radius 3 is 2.07 bits per heavy atom. The van der Waals surface area contributed by atoms with E-state index in [-0.39, 0.29) is 6.23 Å². The maximum absolute atomic E-state index is 6.59. The van der Waals surface area contributed by atoms with E-state index in [1.807, 2.05) is 36.4 Å². The summed E-state index contributed by atoms with van der Waals surface area (Å²) in [4.78, 5) is 10.1. The fraction of sp³-hybridized carbons (Fsp3) is 0.0811. The largest absolute Gasteiger partial charge is 0.467 e. The van der Waals surface area contributed by atoms with Crippen LogP contribution in [0, 0.1) is 5.92 Å². The Morgan fingerprint density at radius 2 is 1.37 bits per heavy atom. The molecule has 5 aromatic carbocycles. The Hall–Kier alpha value is -5.22. The Morgan fingerprint density at radius 1 is 0.659 bits per heavy atom. The molecule has 6 aromatic rings. The van der Waals surface area contributed by atoms with Crippen LogP contribution in [0.15, 0.2) is 133 Å². The van der Waals surface area contributed by atoms with Gasteiger partial charge in [0, 0.05) is 28.0 Å². The van der Waals surface area contributed by atoms with Crippen LogP contribution in [0.3, 0.4) is 0 Å². The monoisotopic (exact) mass is 529 g/mol. The number of nitrogens with one attached hydrogen (secondary N) is 1. The van der Waals surface area contributed by atoms with Crippen LogP contribution < -0.4 is 10.1 Å². The molecule has 1 aromatic heterocycles. The van der Waals surface area contributed by atoms with Crippen molar-refractivity contribution in [3.8, 4) is 39.7 Å². The highest BCUT2D eigenvalue weighted by atomic mass is 16.5. The summed E-state index contributed by atoms with van der Waals surface area (Å²) in [6, 6.07) is 37.9. The minimum atomic E-state index is -0.0723. The van der Waals surface area contributed by atoms with Crippen molar-refractivity contribution in [1.29, 1.82) is 0 Å². The third-order valence-electron chi connectivity index (χ3n) is 8.02. The van der Waals surface area contributed by atoms with Gasteiger partial charge in [-0.1, -0.05) is 115 Å². The number of allylic oxidation sites excluding steroid dienone is 3. The van der Waals surface area contributed by atoms with E-state index in [1.165, 1.54) is 5.39 Å². The average Bonchev–Trinajstić information content (AvgIpc) is 3.50. The van der Waals surface area contributed by atoms with Gasteiger partial charge in [-0.05, 0) is 40.8 Å². The lowest BCUT2D eigenvalue weighted by molar-refractivity contribution is 0.206. The van der Waals surface area contributed by atoms with E-state index in [9.17, 15) is 0 Å². The summed E-state index contributed by atoms with van der Waals surface area (Å²) >= 11 is 0. The SMILES string of the molecule is C1=CCC(C2Nc3ccc4ccc5cc(-c6nc(-c7ccccc7)cc(-c7ccccc7)n6)ccc5c4c3O2)C=C1. The molecular formula is C37H27N3O. The first-order valence-electron chi connectivity index (χ1n) is 14.1. The molecule has 0 fully saturated rings. The molecule has 1 aliphatic heterocycles. The van der Waals surface area contributed by atoms with E-state index >= 15 is 0 Å². The minimum absolute atomic E-state index is 0.0723. The molecule has 1 N–H and O–H groups in total. The number of aromatic nitrogens is 2. The summed E-state index contributed by atoms with van der Waals surface area (Å²) in [6.07, 6.45) is 9.53. The van der Waals surface area contributed by atoms with Gasteiger partial charge in [0.1, 0.15) is 0 Å². The number of hydrogen-bond donors (Lipinski definition) is 1. The number of anilines is 1. The molecule has 0 saturated heterocycles. The number of nitrogens with zero attached hydrogens (tertiary/aromatic N) is 2. The molecule has 41 heavy (non-hydrogen) atoms. The van der Waals surface area contributed by atoms with E-state index < -0.39 is 0 Å². The van der Waals surface area contributed by atoms with E-state index in [1.54, 1.807) is 0 Å². The van der Waals surface area contributed by atoms with Gasteiger partial charge in [-0.15, -0.1) is 0 Å². The Kier molecular flexibility index (Phi) is 5.63. The van der Waals surface area contributed by atoms with Crippen LogP contribution in [0.2, 0.25) is 0 Å².